The molecule has 0 bridgehead atoms. The number of rotatable bonds is 4. The smallest absolute Gasteiger partial charge is 0.219 e. The van der Waals surface area contributed by atoms with Crippen LogP contribution in [0.3, 0.4) is 0 Å². The van der Waals surface area contributed by atoms with E-state index in [9.17, 15) is 15.0 Å². The largest absolute Gasteiger partial charge is 0.468 e. The Hall–Kier alpha value is -1.37. The number of hydrogen-bond acceptors (Lipinski definition) is 5. The normalized spacial score (nSPS) is 20.3. The maximum Gasteiger partial charge on any atom is 0.219 e. The molecule has 1 aromatic rings. The monoisotopic (exact) mass is 268 g/mol. The molecule has 19 heavy (non-hydrogen) atoms. The summed E-state index contributed by atoms with van der Waals surface area (Å²) in [6, 6.07) is 3.19. The summed E-state index contributed by atoms with van der Waals surface area (Å²) in [5.74, 6) is 0.703. The fourth-order valence-corrected chi connectivity index (χ4v) is 2.49. The molecule has 0 aromatic carbocycles. The molecule has 0 radical (unpaired) electrons. The van der Waals surface area contributed by atoms with Crippen LogP contribution in [0.2, 0.25) is 0 Å². The van der Waals surface area contributed by atoms with Gasteiger partial charge in [0.25, 0.3) is 0 Å². The number of aliphatic hydroxyl groups is 2. The molecule has 1 aliphatic rings. The van der Waals surface area contributed by atoms with Gasteiger partial charge in [0.15, 0.2) is 0 Å². The van der Waals surface area contributed by atoms with Gasteiger partial charge in [-0.2, -0.15) is 0 Å². The summed E-state index contributed by atoms with van der Waals surface area (Å²) in [4.78, 5) is 15.1. The zero-order valence-electron chi connectivity index (χ0n) is 11.0. The van der Waals surface area contributed by atoms with E-state index < -0.39 is 6.10 Å². The van der Waals surface area contributed by atoms with E-state index in [0.717, 1.165) is 0 Å². The van der Waals surface area contributed by atoms with E-state index in [2.05, 4.69) is 0 Å². The molecule has 0 spiro atoms. The maximum atomic E-state index is 11.3. The van der Waals surface area contributed by atoms with E-state index in [0.29, 0.717) is 31.9 Å². The van der Waals surface area contributed by atoms with E-state index in [-0.39, 0.29) is 18.6 Å². The van der Waals surface area contributed by atoms with Crippen molar-refractivity contribution in [3.05, 3.63) is 24.2 Å². The lowest BCUT2D eigenvalue weighted by molar-refractivity contribution is -0.131. The predicted molar refractivity (Wildman–Crippen MR) is 68.4 cm³/mol. The van der Waals surface area contributed by atoms with Crippen LogP contribution in [-0.4, -0.2) is 64.8 Å². The Bertz CT molecular complexity index is 399. The maximum absolute atomic E-state index is 11.3. The first-order valence-corrected chi connectivity index (χ1v) is 6.45. The highest BCUT2D eigenvalue weighted by Crippen LogP contribution is 2.26. The van der Waals surface area contributed by atoms with Crippen molar-refractivity contribution >= 4 is 5.91 Å². The van der Waals surface area contributed by atoms with E-state index in [1.807, 2.05) is 4.90 Å². The Labute approximate surface area is 112 Å². The highest BCUT2D eigenvalue weighted by molar-refractivity contribution is 5.73. The molecule has 2 heterocycles. The van der Waals surface area contributed by atoms with Crippen LogP contribution in [0.4, 0.5) is 0 Å². The van der Waals surface area contributed by atoms with Crippen LogP contribution in [0.1, 0.15) is 18.7 Å². The van der Waals surface area contributed by atoms with Crippen LogP contribution < -0.4 is 0 Å². The molecule has 1 aliphatic heterocycles. The Morgan fingerprint density at radius 3 is 2.58 bits per heavy atom. The van der Waals surface area contributed by atoms with Crippen molar-refractivity contribution in [2.45, 2.75) is 19.1 Å². The van der Waals surface area contributed by atoms with Crippen LogP contribution in [0.15, 0.2) is 22.8 Å². The van der Waals surface area contributed by atoms with E-state index >= 15 is 0 Å². The minimum absolute atomic E-state index is 0.0666. The Morgan fingerprint density at radius 1 is 1.42 bits per heavy atom. The van der Waals surface area contributed by atoms with Crippen LogP contribution in [0, 0.1) is 0 Å². The van der Waals surface area contributed by atoms with Crippen molar-refractivity contribution in [2.24, 2.45) is 0 Å². The highest BCUT2D eigenvalue weighted by Gasteiger charge is 2.32. The van der Waals surface area contributed by atoms with Gasteiger partial charge in [-0.15, -0.1) is 0 Å². The van der Waals surface area contributed by atoms with Crippen molar-refractivity contribution in [1.82, 2.24) is 9.80 Å². The van der Waals surface area contributed by atoms with Crippen LogP contribution in [0.5, 0.6) is 0 Å². The Kier molecular flexibility index (Phi) is 4.57. The molecule has 2 N–H and O–H groups in total. The van der Waals surface area contributed by atoms with Gasteiger partial charge in [0.05, 0.1) is 25.0 Å². The van der Waals surface area contributed by atoms with E-state index in [1.54, 1.807) is 30.2 Å². The molecular weight excluding hydrogens is 248 g/mol. The fraction of sp³-hybridized carbons (Fsp3) is 0.615. The van der Waals surface area contributed by atoms with Gasteiger partial charge in [-0.05, 0) is 12.1 Å². The van der Waals surface area contributed by atoms with Crippen molar-refractivity contribution in [3.63, 3.8) is 0 Å². The van der Waals surface area contributed by atoms with Gasteiger partial charge >= 0.3 is 0 Å². The number of nitrogens with zero attached hydrogens (tertiary/aromatic N) is 2. The zero-order chi connectivity index (χ0) is 13.8. The third-order valence-corrected chi connectivity index (χ3v) is 3.54. The molecule has 1 saturated heterocycles. The quantitative estimate of drug-likeness (QED) is 0.793. The number of carbonyl (C=O) groups is 1. The van der Waals surface area contributed by atoms with Gasteiger partial charge < -0.3 is 19.5 Å². The van der Waals surface area contributed by atoms with Crippen LogP contribution >= 0.6 is 0 Å². The molecule has 1 fully saturated rings. The number of amides is 1. The summed E-state index contributed by atoms with van der Waals surface area (Å²) >= 11 is 0. The second-order valence-electron chi connectivity index (χ2n) is 4.75. The van der Waals surface area contributed by atoms with Gasteiger partial charge in [-0.25, -0.2) is 0 Å². The molecule has 0 aliphatic carbocycles. The first-order valence-electron chi connectivity index (χ1n) is 6.45. The Morgan fingerprint density at radius 2 is 2.11 bits per heavy atom. The molecular formula is C13H20N2O4. The average molecular weight is 268 g/mol. The van der Waals surface area contributed by atoms with Crippen LogP contribution in [0.25, 0.3) is 0 Å². The number of aliphatic hydroxyl groups excluding tert-OH is 2. The van der Waals surface area contributed by atoms with E-state index in [4.69, 9.17) is 4.42 Å². The minimum Gasteiger partial charge on any atom is -0.468 e. The zero-order valence-corrected chi connectivity index (χ0v) is 11.0. The number of carbonyl (C=O) groups excluding carboxylic acids is 1. The lowest BCUT2D eigenvalue weighted by Gasteiger charge is -2.39. The number of piperazine rings is 1. The molecule has 1 amide bonds. The molecule has 6 heteroatoms. The summed E-state index contributed by atoms with van der Waals surface area (Å²) in [5.41, 5.74) is 0. The first kappa shape index (κ1) is 14.0. The fourth-order valence-electron chi connectivity index (χ4n) is 2.49. The van der Waals surface area contributed by atoms with Crippen molar-refractivity contribution in [1.29, 1.82) is 0 Å². The predicted octanol–water partition coefficient (Wildman–Crippen LogP) is -0.162. The number of furan rings is 1. The van der Waals surface area contributed by atoms with Crippen molar-refractivity contribution < 1.29 is 19.4 Å². The summed E-state index contributed by atoms with van der Waals surface area (Å²) in [7, 11) is 0. The number of hydrogen-bond donors (Lipinski definition) is 2. The SMILES string of the molecule is CC(=O)N1CCN(C(c2ccco2)[C@H](O)CO)CC1. The standard InChI is InChI=1S/C13H20N2O4/c1-10(17)14-4-6-15(7-5-14)13(11(18)9-16)12-3-2-8-19-12/h2-3,8,11,13,16,18H,4-7,9H2,1H3/t11-,13?/m1/s1. The van der Waals surface area contributed by atoms with E-state index in [1.165, 1.54) is 0 Å². The topological polar surface area (TPSA) is 77.2 Å². The molecule has 1 aromatic heterocycles. The third kappa shape index (κ3) is 3.15. The molecule has 2 rings (SSSR count). The molecule has 0 saturated carbocycles. The van der Waals surface area contributed by atoms with Gasteiger partial charge in [0.1, 0.15) is 5.76 Å². The highest BCUT2D eigenvalue weighted by atomic mass is 16.3. The summed E-state index contributed by atoms with van der Waals surface area (Å²) in [6.45, 7) is 3.81. The van der Waals surface area contributed by atoms with Gasteiger partial charge in [-0.1, -0.05) is 0 Å². The molecule has 1 unspecified atom stereocenters. The lowest BCUT2D eigenvalue weighted by Crippen LogP contribution is -2.51. The van der Waals surface area contributed by atoms with Gasteiger partial charge in [0, 0.05) is 33.1 Å². The molecule has 106 valence electrons. The summed E-state index contributed by atoms with van der Waals surface area (Å²) in [6.07, 6.45) is 0.660. The third-order valence-electron chi connectivity index (χ3n) is 3.54. The lowest BCUT2D eigenvalue weighted by atomic mass is 10.1. The van der Waals surface area contributed by atoms with Crippen molar-refractivity contribution in [3.8, 4) is 0 Å². The second kappa shape index (κ2) is 6.18. The minimum atomic E-state index is -0.893. The van der Waals surface area contributed by atoms with Gasteiger partial charge in [0.2, 0.25) is 5.91 Å². The average Bonchev–Trinajstić information content (AvgIpc) is 2.93. The summed E-state index contributed by atoms with van der Waals surface area (Å²) in [5, 5.41) is 19.2. The Balaban J connectivity index is 2.07. The summed E-state index contributed by atoms with van der Waals surface area (Å²) < 4.78 is 5.35. The first-order chi connectivity index (χ1) is 9.13. The van der Waals surface area contributed by atoms with Crippen LogP contribution in [-0.2, 0) is 4.79 Å². The van der Waals surface area contributed by atoms with Crippen molar-refractivity contribution in [2.75, 3.05) is 32.8 Å². The molecule has 6 nitrogen and oxygen atoms in total. The second-order valence-corrected chi connectivity index (χ2v) is 4.75. The molecule has 2 atom stereocenters. The van der Waals surface area contributed by atoms with Gasteiger partial charge in [-0.3, -0.25) is 9.69 Å².